The molecule has 0 atom stereocenters. The predicted octanol–water partition coefficient (Wildman–Crippen LogP) is 3.63. The number of hydrogen-bond donors (Lipinski definition) is 1. The van der Waals surface area contributed by atoms with Gasteiger partial charge in [0.1, 0.15) is 5.82 Å². The van der Waals surface area contributed by atoms with E-state index in [1.807, 2.05) is 0 Å². The van der Waals surface area contributed by atoms with Gasteiger partial charge in [0.15, 0.2) is 11.5 Å². The lowest BCUT2D eigenvalue weighted by Gasteiger charge is -2.14. The van der Waals surface area contributed by atoms with E-state index < -0.39 is 17.2 Å². The molecule has 0 unspecified atom stereocenters. The van der Waals surface area contributed by atoms with Crippen LogP contribution in [-0.4, -0.2) is 25.3 Å². The summed E-state index contributed by atoms with van der Waals surface area (Å²) in [5, 5.41) is 9.40. The lowest BCUT2D eigenvalue weighted by atomic mass is 9.92. The summed E-state index contributed by atoms with van der Waals surface area (Å²) in [6.07, 6.45) is 1.08. The van der Waals surface area contributed by atoms with Crippen molar-refractivity contribution in [2.75, 3.05) is 14.2 Å². The summed E-state index contributed by atoms with van der Waals surface area (Å²) in [6, 6.07) is 9.72. The van der Waals surface area contributed by atoms with Gasteiger partial charge in [0.25, 0.3) is 0 Å². The van der Waals surface area contributed by atoms with E-state index in [1.54, 1.807) is 31.4 Å². The van der Waals surface area contributed by atoms with Crippen LogP contribution in [0.15, 0.2) is 36.4 Å². The number of methoxy groups -OCH3 is 2. The molecule has 0 heterocycles. The van der Waals surface area contributed by atoms with E-state index in [-0.39, 0.29) is 0 Å². The highest BCUT2D eigenvalue weighted by atomic mass is 19.1. The van der Waals surface area contributed by atoms with E-state index in [4.69, 9.17) is 9.47 Å². The number of benzene rings is 2. The highest BCUT2D eigenvalue weighted by Gasteiger charge is 2.52. The van der Waals surface area contributed by atoms with E-state index in [0.29, 0.717) is 35.5 Å². The number of halogens is 1. The average molecular weight is 316 g/mol. The summed E-state index contributed by atoms with van der Waals surface area (Å²) in [7, 11) is 3.07. The lowest BCUT2D eigenvalue weighted by molar-refractivity contribution is -0.140. The van der Waals surface area contributed by atoms with Gasteiger partial charge in [-0.15, -0.1) is 0 Å². The van der Waals surface area contributed by atoms with Gasteiger partial charge in [-0.3, -0.25) is 4.79 Å². The van der Waals surface area contributed by atoms with Gasteiger partial charge in [-0.2, -0.15) is 0 Å². The Labute approximate surface area is 133 Å². The smallest absolute Gasteiger partial charge is 0.314 e. The molecule has 2 aromatic rings. The normalized spacial score (nSPS) is 15.1. The molecule has 0 aromatic heterocycles. The Bertz CT molecular complexity index is 766. The molecule has 2 aromatic carbocycles. The number of carboxylic acids is 1. The standard InChI is InChI=1S/C18H17FO4/c1-22-15-4-3-11(9-16(15)23-2)12-7-13(10-14(19)8-12)18(5-6-18)17(20)21/h3-4,7-10H,5-6H2,1-2H3,(H,20,21). The molecule has 120 valence electrons. The van der Waals surface area contributed by atoms with Gasteiger partial charge in [-0.05, 0) is 59.9 Å². The summed E-state index contributed by atoms with van der Waals surface area (Å²) in [5.41, 5.74) is 0.931. The first-order valence-electron chi connectivity index (χ1n) is 7.27. The zero-order valence-corrected chi connectivity index (χ0v) is 12.9. The van der Waals surface area contributed by atoms with Crippen molar-refractivity contribution in [3.05, 3.63) is 47.8 Å². The highest BCUT2D eigenvalue weighted by Crippen LogP contribution is 2.49. The lowest BCUT2D eigenvalue weighted by Crippen LogP contribution is -2.19. The van der Waals surface area contributed by atoms with Gasteiger partial charge < -0.3 is 14.6 Å². The van der Waals surface area contributed by atoms with Gasteiger partial charge in [0.05, 0.1) is 19.6 Å². The predicted molar refractivity (Wildman–Crippen MR) is 83.5 cm³/mol. The third-order valence-electron chi connectivity index (χ3n) is 4.33. The molecule has 23 heavy (non-hydrogen) atoms. The van der Waals surface area contributed by atoms with Crippen molar-refractivity contribution in [2.24, 2.45) is 0 Å². The topological polar surface area (TPSA) is 55.8 Å². The van der Waals surface area contributed by atoms with Crippen LogP contribution in [0.25, 0.3) is 11.1 Å². The van der Waals surface area contributed by atoms with Crippen LogP contribution in [0.3, 0.4) is 0 Å². The Morgan fingerprint density at radius 1 is 1.04 bits per heavy atom. The summed E-state index contributed by atoms with van der Waals surface area (Å²) < 4.78 is 24.5. The van der Waals surface area contributed by atoms with E-state index in [1.165, 1.54) is 19.2 Å². The maximum absolute atomic E-state index is 14.0. The molecule has 0 spiro atoms. The van der Waals surface area contributed by atoms with Crippen LogP contribution in [0.5, 0.6) is 11.5 Å². The van der Waals surface area contributed by atoms with Crippen LogP contribution in [0.1, 0.15) is 18.4 Å². The summed E-state index contributed by atoms with van der Waals surface area (Å²) >= 11 is 0. The van der Waals surface area contributed by atoms with E-state index >= 15 is 0 Å². The second-order valence-corrected chi connectivity index (χ2v) is 5.69. The molecule has 1 N–H and O–H groups in total. The van der Waals surface area contributed by atoms with Crippen LogP contribution in [0, 0.1) is 5.82 Å². The van der Waals surface area contributed by atoms with Crippen LogP contribution in [-0.2, 0) is 10.2 Å². The Balaban J connectivity index is 2.07. The number of hydrogen-bond acceptors (Lipinski definition) is 3. The van der Waals surface area contributed by atoms with Crippen molar-refractivity contribution in [1.82, 2.24) is 0 Å². The fourth-order valence-electron chi connectivity index (χ4n) is 2.80. The zero-order chi connectivity index (χ0) is 16.6. The van der Waals surface area contributed by atoms with Crippen LogP contribution < -0.4 is 9.47 Å². The molecular weight excluding hydrogens is 299 g/mol. The number of rotatable bonds is 5. The maximum Gasteiger partial charge on any atom is 0.314 e. The third kappa shape index (κ3) is 2.63. The molecular formula is C18H17FO4. The van der Waals surface area contributed by atoms with Gasteiger partial charge in [0, 0.05) is 0 Å². The molecule has 5 heteroatoms. The van der Waals surface area contributed by atoms with Gasteiger partial charge in [0.2, 0.25) is 0 Å². The van der Waals surface area contributed by atoms with Gasteiger partial charge >= 0.3 is 5.97 Å². The first-order valence-corrected chi connectivity index (χ1v) is 7.27. The Morgan fingerprint density at radius 3 is 2.30 bits per heavy atom. The Hall–Kier alpha value is -2.56. The molecule has 3 rings (SSSR count). The van der Waals surface area contributed by atoms with Gasteiger partial charge in [-0.1, -0.05) is 6.07 Å². The third-order valence-corrected chi connectivity index (χ3v) is 4.33. The number of ether oxygens (including phenoxy) is 2. The van der Waals surface area contributed by atoms with Crippen LogP contribution >= 0.6 is 0 Å². The van der Waals surface area contributed by atoms with Crippen molar-refractivity contribution >= 4 is 5.97 Å². The van der Waals surface area contributed by atoms with E-state index in [9.17, 15) is 14.3 Å². The second kappa shape index (κ2) is 5.57. The van der Waals surface area contributed by atoms with Crippen molar-refractivity contribution in [3.63, 3.8) is 0 Å². The van der Waals surface area contributed by atoms with Crippen molar-refractivity contribution in [1.29, 1.82) is 0 Å². The van der Waals surface area contributed by atoms with Gasteiger partial charge in [-0.25, -0.2) is 4.39 Å². The molecule has 4 nitrogen and oxygen atoms in total. The number of carboxylic acid groups (broad SMARTS) is 1. The fourth-order valence-corrected chi connectivity index (χ4v) is 2.80. The number of carbonyl (C=O) groups is 1. The molecule has 0 radical (unpaired) electrons. The minimum atomic E-state index is -0.937. The first kappa shape index (κ1) is 15.3. The molecule has 1 saturated carbocycles. The number of aliphatic carboxylic acids is 1. The Morgan fingerprint density at radius 2 is 1.74 bits per heavy atom. The van der Waals surface area contributed by atoms with Crippen LogP contribution in [0.2, 0.25) is 0 Å². The minimum absolute atomic E-state index is 0.445. The van der Waals surface area contributed by atoms with E-state index in [2.05, 4.69) is 0 Å². The SMILES string of the molecule is COc1ccc(-c2cc(F)cc(C3(C(=O)O)CC3)c2)cc1OC. The molecule has 0 aliphatic heterocycles. The average Bonchev–Trinajstić information content (AvgIpc) is 3.35. The molecule has 0 amide bonds. The van der Waals surface area contributed by atoms with Crippen LogP contribution in [0.4, 0.5) is 4.39 Å². The summed E-state index contributed by atoms with van der Waals surface area (Å²) in [6.45, 7) is 0. The second-order valence-electron chi connectivity index (χ2n) is 5.69. The molecule has 1 aliphatic rings. The quantitative estimate of drug-likeness (QED) is 0.915. The van der Waals surface area contributed by atoms with E-state index in [0.717, 1.165) is 5.56 Å². The van der Waals surface area contributed by atoms with Crippen molar-refractivity contribution in [2.45, 2.75) is 18.3 Å². The first-order chi connectivity index (χ1) is 11.0. The zero-order valence-electron chi connectivity index (χ0n) is 12.9. The Kier molecular flexibility index (Phi) is 3.72. The largest absolute Gasteiger partial charge is 0.493 e. The fraction of sp³-hybridized carbons (Fsp3) is 0.278. The summed E-state index contributed by atoms with van der Waals surface area (Å²) in [5.74, 6) is -0.228. The molecule has 0 bridgehead atoms. The van der Waals surface area contributed by atoms with Crippen molar-refractivity contribution < 1.29 is 23.8 Å². The van der Waals surface area contributed by atoms with Crippen molar-refractivity contribution in [3.8, 4) is 22.6 Å². The molecule has 0 saturated heterocycles. The molecule has 1 aliphatic carbocycles. The maximum atomic E-state index is 14.0. The minimum Gasteiger partial charge on any atom is -0.493 e. The summed E-state index contributed by atoms with van der Waals surface area (Å²) in [4.78, 5) is 11.5. The monoisotopic (exact) mass is 316 g/mol. The highest BCUT2D eigenvalue weighted by molar-refractivity contribution is 5.85. The molecule has 1 fully saturated rings.